The van der Waals surface area contributed by atoms with Gasteiger partial charge < -0.3 is 0 Å². The molecular formula is C18H16N4O2. The molecule has 6 nitrogen and oxygen atoms in total. The number of anilines is 1. The number of nitrogens with one attached hydrogen (secondary N) is 1. The molecular weight excluding hydrogens is 304 g/mol. The number of hydrogen-bond donors (Lipinski definition) is 1. The van der Waals surface area contributed by atoms with Gasteiger partial charge in [-0.25, -0.2) is 5.43 Å². The summed E-state index contributed by atoms with van der Waals surface area (Å²) in [6, 6.07) is 17.9. The van der Waals surface area contributed by atoms with Gasteiger partial charge in [0.15, 0.2) is 0 Å². The van der Waals surface area contributed by atoms with E-state index in [0.29, 0.717) is 17.0 Å². The van der Waals surface area contributed by atoms with Crippen LogP contribution in [-0.4, -0.2) is 23.7 Å². The largest absolute Gasteiger partial charge is 0.271 e. The summed E-state index contributed by atoms with van der Waals surface area (Å²) in [6.45, 7) is 1.76. The molecule has 1 aliphatic rings. The van der Waals surface area contributed by atoms with Crippen LogP contribution >= 0.6 is 0 Å². The smallest absolute Gasteiger partial charge is 0.271 e. The average Bonchev–Trinajstić information content (AvgIpc) is 2.91. The van der Waals surface area contributed by atoms with Gasteiger partial charge in [0.05, 0.1) is 11.4 Å². The Bertz CT molecular complexity index is 800. The predicted molar refractivity (Wildman–Crippen MR) is 92.9 cm³/mol. The molecule has 0 unspecified atom stereocenters. The molecule has 0 bridgehead atoms. The number of nitrogens with zero attached hydrogens (tertiary/aromatic N) is 3. The molecule has 1 atom stereocenters. The summed E-state index contributed by atoms with van der Waals surface area (Å²) in [5, 5.41) is 9.53. The Labute approximate surface area is 139 Å². The number of carbonyl (C=O) groups is 2. The van der Waals surface area contributed by atoms with E-state index >= 15 is 0 Å². The zero-order chi connectivity index (χ0) is 16.9. The molecule has 0 saturated heterocycles. The van der Waals surface area contributed by atoms with Crippen LogP contribution in [0.4, 0.5) is 5.69 Å². The fourth-order valence-electron chi connectivity index (χ4n) is 2.33. The minimum Gasteiger partial charge on any atom is -0.271 e. The average molecular weight is 320 g/mol. The number of hydrazone groups is 2. The zero-order valence-electron chi connectivity index (χ0n) is 13.1. The summed E-state index contributed by atoms with van der Waals surface area (Å²) >= 11 is 0. The van der Waals surface area contributed by atoms with Gasteiger partial charge in [0.2, 0.25) is 0 Å². The van der Waals surface area contributed by atoms with Gasteiger partial charge in [-0.1, -0.05) is 36.4 Å². The summed E-state index contributed by atoms with van der Waals surface area (Å²) in [4.78, 5) is 24.4. The molecule has 2 aromatic rings. The van der Waals surface area contributed by atoms with Crippen LogP contribution in [-0.2, 0) is 4.79 Å². The highest BCUT2D eigenvalue weighted by atomic mass is 16.2. The van der Waals surface area contributed by atoms with E-state index in [-0.39, 0.29) is 11.8 Å². The normalized spacial score (nSPS) is 17.2. The van der Waals surface area contributed by atoms with Gasteiger partial charge in [-0.05, 0) is 31.2 Å². The number of rotatable bonds is 4. The van der Waals surface area contributed by atoms with Crippen molar-refractivity contribution in [1.29, 1.82) is 0 Å². The van der Waals surface area contributed by atoms with Crippen LogP contribution in [0.25, 0.3) is 0 Å². The highest BCUT2D eigenvalue weighted by molar-refractivity contribution is 6.23. The van der Waals surface area contributed by atoms with Gasteiger partial charge in [0.1, 0.15) is 5.92 Å². The molecule has 120 valence electrons. The van der Waals surface area contributed by atoms with Crippen molar-refractivity contribution in [2.45, 2.75) is 6.92 Å². The van der Waals surface area contributed by atoms with Crippen molar-refractivity contribution < 1.29 is 9.59 Å². The standard InChI is InChI=1S/C18H16N4O2/c1-13-16(12-19-20-17(23)14-8-4-2-5-9-14)18(24)22(21-13)15-10-6-3-7-11-15/h2-12,16H,1H3,(H,20,23)/b19-12+/t16-/m0/s1. The van der Waals surface area contributed by atoms with Crippen molar-refractivity contribution in [2.75, 3.05) is 5.01 Å². The molecule has 1 N–H and O–H groups in total. The van der Waals surface area contributed by atoms with E-state index < -0.39 is 5.92 Å². The third kappa shape index (κ3) is 3.22. The molecule has 2 aromatic carbocycles. The second-order valence-electron chi connectivity index (χ2n) is 5.29. The molecule has 0 fully saturated rings. The summed E-state index contributed by atoms with van der Waals surface area (Å²) in [5.41, 5.74) is 4.26. The van der Waals surface area contributed by atoms with E-state index in [4.69, 9.17) is 0 Å². The molecule has 6 heteroatoms. The Hall–Kier alpha value is -3.28. The van der Waals surface area contributed by atoms with Crippen molar-refractivity contribution in [3.8, 4) is 0 Å². The Morgan fingerprint density at radius 1 is 1.12 bits per heavy atom. The van der Waals surface area contributed by atoms with Crippen LogP contribution in [0, 0.1) is 5.92 Å². The van der Waals surface area contributed by atoms with Gasteiger partial charge in [0, 0.05) is 11.8 Å². The first-order valence-electron chi connectivity index (χ1n) is 7.49. The Morgan fingerprint density at radius 3 is 2.42 bits per heavy atom. The van der Waals surface area contributed by atoms with Gasteiger partial charge in [-0.3, -0.25) is 9.59 Å². The van der Waals surface area contributed by atoms with Crippen LogP contribution in [0.2, 0.25) is 0 Å². The number of carbonyl (C=O) groups excluding carboxylic acids is 2. The lowest BCUT2D eigenvalue weighted by molar-refractivity contribution is -0.118. The predicted octanol–water partition coefficient (Wildman–Crippen LogP) is 2.44. The van der Waals surface area contributed by atoms with E-state index in [1.54, 1.807) is 31.2 Å². The summed E-state index contributed by atoms with van der Waals surface area (Å²) in [7, 11) is 0. The van der Waals surface area contributed by atoms with Gasteiger partial charge in [0.25, 0.3) is 11.8 Å². The SMILES string of the molecule is CC1=NN(c2ccccc2)C(=O)[C@H]1/C=N/NC(=O)c1ccccc1. The lowest BCUT2D eigenvalue weighted by atomic mass is 10.1. The van der Waals surface area contributed by atoms with E-state index in [0.717, 1.165) is 0 Å². The molecule has 2 amide bonds. The molecule has 0 aliphatic carbocycles. The molecule has 0 saturated carbocycles. The van der Waals surface area contributed by atoms with Crippen LogP contribution in [0.3, 0.4) is 0 Å². The highest BCUT2D eigenvalue weighted by Crippen LogP contribution is 2.22. The Balaban J connectivity index is 1.67. The fourth-order valence-corrected chi connectivity index (χ4v) is 2.33. The van der Waals surface area contributed by atoms with Gasteiger partial charge >= 0.3 is 0 Å². The van der Waals surface area contributed by atoms with Gasteiger partial charge in [-0.15, -0.1) is 0 Å². The maximum Gasteiger partial charge on any atom is 0.271 e. The third-order valence-corrected chi connectivity index (χ3v) is 3.61. The molecule has 24 heavy (non-hydrogen) atoms. The first-order valence-corrected chi connectivity index (χ1v) is 7.49. The van der Waals surface area contributed by atoms with Crippen molar-refractivity contribution >= 4 is 29.4 Å². The second kappa shape index (κ2) is 6.87. The maximum atomic E-state index is 12.5. The summed E-state index contributed by atoms with van der Waals surface area (Å²) in [6.07, 6.45) is 1.41. The lowest BCUT2D eigenvalue weighted by Crippen LogP contribution is -2.29. The monoisotopic (exact) mass is 320 g/mol. The topological polar surface area (TPSA) is 74.1 Å². The van der Waals surface area contributed by atoms with E-state index in [1.165, 1.54) is 11.2 Å². The zero-order valence-corrected chi connectivity index (χ0v) is 13.1. The minimum absolute atomic E-state index is 0.198. The molecule has 0 aromatic heterocycles. The number of hydrogen-bond acceptors (Lipinski definition) is 4. The lowest BCUT2D eigenvalue weighted by Gasteiger charge is -2.12. The summed E-state index contributed by atoms with van der Waals surface area (Å²) in [5.74, 6) is -1.11. The molecule has 1 aliphatic heterocycles. The number of para-hydroxylation sites is 1. The van der Waals surface area contributed by atoms with Crippen molar-refractivity contribution in [3.63, 3.8) is 0 Å². The summed E-state index contributed by atoms with van der Waals surface area (Å²) < 4.78 is 0. The Kier molecular flexibility index (Phi) is 4.47. The second-order valence-corrected chi connectivity index (χ2v) is 5.29. The van der Waals surface area contributed by atoms with E-state index in [9.17, 15) is 9.59 Å². The first-order chi connectivity index (χ1) is 11.7. The Morgan fingerprint density at radius 2 is 1.75 bits per heavy atom. The third-order valence-electron chi connectivity index (χ3n) is 3.61. The fraction of sp³-hybridized carbons (Fsp3) is 0.111. The van der Waals surface area contributed by atoms with E-state index in [1.807, 2.05) is 36.4 Å². The van der Waals surface area contributed by atoms with Gasteiger partial charge in [-0.2, -0.15) is 15.2 Å². The number of amides is 2. The quantitative estimate of drug-likeness (QED) is 0.694. The highest BCUT2D eigenvalue weighted by Gasteiger charge is 2.33. The number of benzene rings is 2. The van der Waals surface area contributed by atoms with Crippen LogP contribution in [0.5, 0.6) is 0 Å². The van der Waals surface area contributed by atoms with Crippen molar-refractivity contribution in [2.24, 2.45) is 16.1 Å². The molecule has 0 spiro atoms. The van der Waals surface area contributed by atoms with Crippen LogP contribution < -0.4 is 10.4 Å². The molecule has 3 rings (SSSR count). The van der Waals surface area contributed by atoms with Crippen molar-refractivity contribution in [1.82, 2.24) is 5.43 Å². The van der Waals surface area contributed by atoms with Crippen molar-refractivity contribution in [3.05, 3.63) is 66.2 Å². The van der Waals surface area contributed by atoms with E-state index in [2.05, 4.69) is 15.6 Å². The minimum atomic E-state index is -0.582. The van der Waals surface area contributed by atoms with Crippen LogP contribution in [0.15, 0.2) is 70.9 Å². The molecule has 1 heterocycles. The first kappa shape index (κ1) is 15.6. The molecule has 0 radical (unpaired) electrons. The maximum absolute atomic E-state index is 12.5. The van der Waals surface area contributed by atoms with Crippen LogP contribution in [0.1, 0.15) is 17.3 Å².